The van der Waals surface area contributed by atoms with Crippen LogP contribution in [0.1, 0.15) is 5.69 Å². The highest BCUT2D eigenvalue weighted by Crippen LogP contribution is 2.17. The molecule has 2 heterocycles. The summed E-state index contributed by atoms with van der Waals surface area (Å²) >= 11 is 0. The molecule has 1 aromatic heterocycles. The van der Waals surface area contributed by atoms with Gasteiger partial charge in [0.25, 0.3) is 0 Å². The van der Waals surface area contributed by atoms with Gasteiger partial charge in [0, 0.05) is 39.1 Å². The van der Waals surface area contributed by atoms with Crippen LogP contribution in [0.4, 0.5) is 0 Å². The van der Waals surface area contributed by atoms with Crippen LogP contribution in [0.25, 0.3) is 0 Å². The third-order valence-electron chi connectivity index (χ3n) is 3.48. The summed E-state index contributed by atoms with van der Waals surface area (Å²) < 4.78 is 32.7. The van der Waals surface area contributed by atoms with Gasteiger partial charge in [0.2, 0.25) is 15.9 Å². The molecule has 2 rings (SSSR count). The van der Waals surface area contributed by atoms with E-state index in [2.05, 4.69) is 0 Å². The minimum atomic E-state index is -3.31. The van der Waals surface area contributed by atoms with Crippen molar-refractivity contribution in [2.24, 2.45) is 0 Å². The Morgan fingerprint density at radius 1 is 1.43 bits per heavy atom. The van der Waals surface area contributed by atoms with Gasteiger partial charge in [-0.15, -0.1) is 0 Å². The Kier molecular flexibility index (Phi) is 4.70. The van der Waals surface area contributed by atoms with Gasteiger partial charge in [-0.1, -0.05) is 0 Å². The van der Waals surface area contributed by atoms with Crippen LogP contribution in [-0.4, -0.2) is 67.7 Å². The number of hydrogen-bond donors (Lipinski definition) is 0. The third kappa shape index (κ3) is 4.05. The van der Waals surface area contributed by atoms with Crippen LogP contribution in [0.5, 0.6) is 0 Å². The lowest BCUT2D eigenvalue weighted by molar-refractivity contribution is -0.136. The van der Waals surface area contributed by atoms with Gasteiger partial charge in [-0.3, -0.25) is 4.79 Å². The first-order valence-corrected chi connectivity index (χ1v) is 8.53. The lowest BCUT2D eigenvalue weighted by atomic mass is 10.3. The molecule has 0 fully saturated rings. The van der Waals surface area contributed by atoms with Gasteiger partial charge in [-0.05, 0) is 12.1 Å². The number of likely N-dealkylation sites (N-methyl/N-ethyl adjacent to an activating group) is 1. The van der Waals surface area contributed by atoms with Crippen LogP contribution in [0.2, 0.25) is 0 Å². The van der Waals surface area contributed by atoms with Crippen LogP contribution in [0.3, 0.4) is 0 Å². The van der Waals surface area contributed by atoms with Gasteiger partial charge in [-0.2, -0.15) is 4.31 Å². The highest BCUT2D eigenvalue weighted by Gasteiger charge is 2.27. The molecule has 0 unspecified atom stereocenters. The van der Waals surface area contributed by atoms with E-state index >= 15 is 0 Å². The summed E-state index contributed by atoms with van der Waals surface area (Å²) in [6.07, 6.45) is 2.73. The number of fused-ring (bicyclic) bond motifs is 1. The van der Waals surface area contributed by atoms with E-state index < -0.39 is 10.0 Å². The number of ether oxygens (including phenoxy) is 1. The molecule has 1 amide bonds. The molecule has 0 radical (unpaired) electrons. The lowest BCUT2D eigenvalue weighted by Gasteiger charge is -2.22. The number of rotatable bonds is 4. The highest BCUT2D eigenvalue weighted by atomic mass is 32.2. The van der Waals surface area contributed by atoms with Crippen molar-refractivity contribution in [1.29, 1.82) is 0 Å². The van der Waals surface area contributed by atoms with E-state index in [1.54, 1.807) is 14.1 Å². The van der Waals surface area contributed by atoms with E-state index in [-0.39, 0.29) is 25.2 Å². The Balaban J connectivity index is 2.13. The lowest BCUT2D eigenvalue weighted by Crippen LogP contribution is -2.38. The molecule has 1 aliphatic heterocycles. The van der Waals surface area contributed by atoms with Crippen LogP contribution in [-0.2, 0) is 32.6 Å². The number of nitrogens with zero attached hydrogens (tertiary/aromatic N) is 3. The Labute approximate surface area is 125 Å². The van der Waals surface area contributed by atoms with Crippen LogP contribution in [0.15, 0.2) is 18.3 Å². The Morgan fingerprint density at radius 3 is 2.76 bits per heavy atom. The summed E-state index contributed by atoms with van der Waals surface area (Å²) in [5.41, 5.74) is 0.922. The number of carbonyl (C=O) groups is 1. The average molecular weight is 315 g/mol. The largest absolute Gasteiger partial charge is 0.365 e. The molecule has 0 saturated carbocycles. The number of carbonyl (C=O) groups excluding carboxylic acids is 1. The van der Waals surface area contributed by atoms with E-state index in [0.29, 0.717) is 13.1 Å². The summed E-state index contributed by atoms with van der Waals surface area (Å²) in [7, 11) is 0.00378. The van der Waals surface area contributed by atoms with Crippen LogP contribution in [0, 0.1) is 0 Å². The third-order valence-corrected chi connectivity index (χ3v) is 4.70. The van der Waals surface area contributed by atoms with Crippen molar-refractivity contribution in [2.45, 2.75) is 19.2 Å². The molecule has 0 bridgehead atoms. The molecule has 1 aromatic rings. The maximum absolute atomic E-state index is 11.8. The molecule has 1 atom stereocenters. The van der Waals surface area contributed by atoms with Crippen molar-refractivity contribution >= 4 is 15.9 Å². The van der Waals surface area contributed by atoms with Gasteiger partial charge in [0.1, 0.15) is 6.61 Å². The summed E-state index contributed by atoms with van der Waals surface area (Å²) in [5.74, 6) is -0.141. The Bertz CT molecular complexity index is 609. The zero-order valence-electron chi connectivity index (χ0n) is 12.5. The van der Waals surface area contributed by atoms with Crippen molar-refractivity contribution in [1.82, 2.24) is 13.8 Å². The minimum Gasteiger partial charge on any atom is -0.365 e. The summed E-state index contributed by atoms with van der Waals surface area (Å²) in [6.45, 7) is 1.06. The molecule has 0 aromatic carbocycles. The van der Waals surface area contributed by atoms with Gasteiger partial charge in [0.15, 0.2) is 0 Å². The molecular weight excluding hydrogens is 294 g/mol. The first-order chi connectivity index (χ1) is 9.77. The van der Waals surface area contributed by atoms with Gasteiger partial charge >= 0.3 is 0 Å². The molecule has 0 N–H and O–H groups in total. The number of sulfonamides is 1. The molecule has 7 nitrogen and oxygen atoms in total. The maximum atomic E-state index is 11.8. The average Bonchev–Trinajstić information content (AvgIpc) is 2.72. The Morgan fingerprint density at radius 2 is 2.14 bits per heavy atom. The number of hydrogen-bond acceptors (Lipinski definition) is 4. The second-order valence-electron chi connectivity index (χ2n) is 5.43. The van der Waals surface area contributed by atoms with Crippen LogP contribution >= 0.6 is 0 Å². The van der Waals surface area contributed by atoms with Crippen molar-refractivity contribution in [2.75, 3.05) is 33.5 Å². The van der Waals surface area contributed by atoms with Crippen molar-refractivity contribution in [3.05, 3.63) is 24.0 Å². The minimum absolute atomic E-state index is 0.0497. The molecule has 118 valence electrons. The fraction of sp³-hybridized carbons (Fsp3) is 0.615. The Hall–Kier alpha value is -1.38. The fourth-order valence-electron chi connectivity index (χ4n) is 2.20. The SMILES string of the molecule is CN(C)C(=O)CO[C@H]1CN(S(C)(=O)=O)Cc2cccn2C1. The molecule has 1 aliphatic rings. The van der Waals surface area contributed by atoms with E-state index in [4.69, 9.17) is 4.74 Å². The smallest absolute Gasteiger partial charge is 0.248 e. The standard InChI is InChI=1S/C13H21N3O4S/c1-14(2)13(17)10-20-12-8-15-6-4-5-11(15)7-16(9-12)21(3,18)19/h4-6,12H,7-10H2,1-3H3/t12-/m1/s1. The summed E-state index contributed by atoms with van der Waals surface area (Å²) in [5, 5.41) is 0. The van der Waals surface area contributed by atoms with Gasteiger partial charge < -0.3 is 14.2 Å². The summed E-state index contributed by atoms with van der Waals surface area (Å²) in [6, 6.07) is 3.77. The van der Waals surface area contributed by atoms with E-state index in [1.807, 2.05) is 22.9 Å². The zero-order valence-corrected chi connectivity index (χ0v) is 13.3. The molecule has 0 aliphatic carbocycles. The van der Waals surface area contributed by atoms with Crippen molar-refractivity contribution in [3.63, 3.8) is 0 Å². The van der Waals surface area contributed by atoms with Crippen molar-refractivity contribution in [3.8, 4) is 0 Å². The van der Waals surface area contributed by atoms with Gasteiger partial charge in [-0.25, -0.2) is 8.42 Å². The zero-order chi connectivity index (χ0) is 15.6. The van der Waals surface area contributed by atoms with Gasteiger partial charge in [0.05, 0.1) is 18.9 Å². The molecule has 0 spiro atoms. The predicted molar refractivity (Wildman–Crippen MR) is 78.1 cm³/mol. The van der Waals surface area contributed by atoms with Crippen molar-refractivity contribution < 1.29 is 17.9 Å². The molecule has 0 saturated heterocycles. The maximum Gasteiger partial charge on any atom is 0.248 e. The normalized spacial score (nSPS) is 19.9. The first-order valence-electron chi connectivity index (χ1n) is 6.68. The fourth-order valence-corrected chi connectivity index (χ4v) is 3.00. The predicted octanol–water partition coefficient (Wildman–Crippen LogP) is -0.263. The second-order valence-corrected chi connectivity index (χ2v) is 7.41. The monoisotopic (exact) mass is 315 g/mol. The quantitative estimate of drug-likeness (QED) is 0.767. The highest BCUT2D eigenvalue weighted by molar-refractivity contribution is 7.88. The molecule has 21 heavy (non-hydrogen) atoms. The first kappa shape index (κ1) is 16.0. The van der Waals surface area contributed by atoms with E-state index in [9.17, 15) is 13.2 Å². The molecule has 8 heteroatoms. The topological polar surface area (TPSA) is 71.8 Å². The summed E-state index contributed by atoms with van der Waals surface area (Å²) in [4.78, 5) is 13.1. The van der Waals surface area contributed by atoms with E-state index in [0.717, 1.165) is 5.69 Å². The number of aromatic nitrogens is 1. The van der Waals surface area contributed by atoms with Crippen LogP contribution < -0.4 is 0 Å². The molecular formula is C13H21N3O4S. The number of amides is 1. The second kappa shape index (κ2) is 6.17. The van der Waals surface area contributed by atoms with E-state index in [1.165, 1.54) is 15.5 Å².